The van der Waals surface area contributed by atoms with E-state index in [2.05, 4.69) is 179 Å². The Morgan fingerprint density at radius 1 is 0.340 bits per heavy atom. The second-order valence-corrected chi connectivity index (χ2v) is 14.4. The Labute approximate surface area is 303 Å². The first kappa shape index (κ1) is 27.6. The van der Waals surface area contributed by atoms with Gasteiger partial charge in [-0.15, -0.1) is 0 Å². The first-order valence-corrected chi connectivity index (χ1v) is 18.3. The first-order chi connectivity index (χ1) is 26.3. The number of nitrogens with zero attached hydrogens (tertiary/aromatic N) is 2. The van der Waals surface area contributed by atoms with E-state index < -0.39 is 0 Å². The summed E-state index contributed by atoms with van der Waals surface area (Å²) in [5.74, 6) is 0. The number of benzene rings is 9. The Morgan fingerprint density at radius 2 is 1.04 bits per heavy atom. The smallest absolute Gasteiger partial charge is 0.136 e. The van der Waals surface area contributed by atoms with Crippen LogP contribution in [-0.4, -0.2) is 9.13 Å². The lowest BCUT2D eigenvalue weighted by molar-refractivity contribution is 0.669. The van der Waals surface area contributed by atoms with E-state index in [1.807, 2.05) is 0 Å². The van der Waals surface area contributed by atoms with E-state index in [1.165, 1.54) is 93.1 Å². The van der Waals surface area contributed by atoms with Crippen molar-refractivity contribution in [2.45, 2.75) is 0 Å². The predicted octanol–water partition coefficient (Wildman–Crippen LogP) is 13.7. The highest BCUT2D eigenvalue weighted by Gasteiger charge is 2.26. The van der Waals surface area contributed by atoms with Crippen molar-refractivity contribution in [2.24, 2.45) is 0 Å². The molecule has 9 aromatic carbocycles. The second-order valence-electron chi connectivity index (χ2n) is 14.4. The topological polar surface area (TPSA) is 23.0 Å². The number of furan rings is 1. The molecule has 1 aliphatic carbocycles. The molecule has 0 spiro atoms. The van der Waals surface area contributed by atoms with E-state index in [1.54, 1.807) is 0 Å². The molecule has 3 heteroatoms. The van der Waals surface area contributed by atoms with Crippen molar-refractivity contribution < 1.29 is 4.42 Å². The molecule has 53 heavy (non-hydrogen) atoms. The lowest BCUT2D eigenvalue weighted by Gasteiger charge is -2.14. The minimum absolute atomic E-state index is 0.910. The lowest BCUT2D eigenvalue weighted by Crippen LogP contribution is -1.96. The van der Waals surface area contributed by atoms with E-state index in [0.717, 1.165) is 27.6 Å². The third-order valence-corrected chi connectivity index (χ3v) is 11.8. The summed E-state index contributed by atoms with van der Waals surface area (Å²) in [5, 5.41) is 12.3. The van der Waals surface area contributed by atoms with E-state index in [-0.39, 0.29) is 0 Å². The van der Waals surface area contributed by atoms with Crippen LogP contribution in [0.25, 0.3) is 121 Å². The van der Waals surface area contributed by atoms with E-state index in [4.69, 9.17) is 4.42 Å². The summed E-state index contributed by atoms with van der Waals surface area (Å²) in [6, 6.07) is 62.3. The Hall–Kier alpha value is -7.10. The van der Waals surface area contributed by atoms with Crippen molar-refractivity contribution in [3.05, 3.63) is 170 Å². The van der Waals surface area contributed by atoms with Gasteiger partial charge in [0.15, 0.2) is 0 Å². The van der Waals surface area contributed by atoms with Crippen molar-refractivity contribution in [1.29, 1.82) is 0 Å². The zero-order chi connectivity index (χ0) is 34.4. The number of rotatable bonds is 2. The third kappa shape index (κ3) is 3.44. The molecular weight excluding hydrogens is 645 g/mol. The summed E-state index contributed by atoms with van der Waals surface area (Å²) in [6.07, 6.45) is 0. The van der Waals surface area contributed by atoms with Crippen LogP contribution in [0, 0.1) is 0 Å². The normalized spacial score (nSPS) is 12.5. The summed E-state index contributed by atoms with van der Waals surface area (Å²) in [6.45, 7) is 0. The number of para-hydroxylation sites is 2. The standard InChI is InChI=1S/C50H28N2O/c1-2-11-30-28-31(21-20-29(30)10-1)51-42-26-27-45-49(38-15-6-8-19-44(38)53-45)47(42)39-23-25-43-48(50(39)51)37-14-5-7-18-40(37)52(43)41-24-22-35-33-13-4-3-12-32(33)34-16-9-17-36(41)46(34)35/h1-28H. The average Bonchev–Trinajstić information content (AvgIpc) is 3.95. The molecule has 0 aliphatic heterocycles. The van der Waals surface area contributed by atoms with Gasteiger partial charge in [-0.2, -0.15) is 0 Å². The number of fused-ring (bicyclic) bond motifs is 15. The average molecular weight is 673 g/mol. The Bertz CT molecular complexity index is 3540. The summed E-state index contributed by atoms with van der Waals surface area (Å²) >= 11 is 0. The zero-order valence-electron chi connectivity index (χ0n) is 28.5. The van der Waals surface area contributed by atoms with Crippen molar-refractivity contribution in [1.82, 2.24) is 9.13 Å². The number of aromatic nitrogens is 2. The zero-order valence-corrected chi connectivity index (χ0v) is 28.5. The van der Waals surface area contributed by atoms with E-state index in [9.17, 15) is 0 Å². The fourth-order valence-corrected chi connectivity index (χ4v) is 9.69. The van der Waals surface area contributed by atoms with E-state index >= 15 is 0 Å². The molecular formula is C50H28N2O. The molecule has 0 bridgehead atoms. The Morgan fingerprint density at radius 3 is 1.94 bits per heavy atom. The van der Waals surface area contributed by atoms with Crippen LogP contribution < -0.4 is 0 Å². The lowest BCUT2D eigenvalue weighted by atomic mass is 10.0. The summed E-state index contributed by atoms with van der Waals surface area (Å²) in [7, 11) is 0. The fourth-order valence-electron chi connectivity index (χ4n) is 9.69. The molecule has 0 unspecified atom stereocenters. The third-order valence-electron chi connectivity index (χ3n) is 11.8. The van der Waals surface area contributed by atoms with Gasteiger partial charge in [-0.05, 0) is 86.9 Å². The first-order valence-electron chi connectivity index (χ1n) is 18.3. The minimum Gasteiger partial charge on any atom is -0.456 e. The van der Waals surface area contributed by atoms with Crippen LogP contribution in [-0.2, 0) is 0 Å². The maximum absolute atomic E-state index is 6.48. The SMILES string of the molecule is c1ccc2c(c1)-c1cccc3c(-n4c5ccccc5c5c4ccc4c6c7c(ccc6n(-c6ccc8ccccc8c6)c45)oc4ccccc47)ccc-2c13. The van der Waals surface area contributed by atoms with Gasteiger partial charge in [0, 0.05) is 43.4 Å². The molecule has 12 aromatic rings. The van der Waals surface area contributed by atoms with Crippen LogP contribution >= 0.6 is 0 Å². The molecule has 1 aliphatic rings. The van der Waals surface area contributed by atoms with Gasteiger partial charge in [0.2, 0.25) is 0 Å². The van der Waals surface area contributed by atoms with Crippen LogP contribution in [0.3, 0.4) is 0 Å². The van der Waals surface area contributed by atoms with Crippen LogP contribution in [0.4, 0.5) is 0 Å². The van der Waals surface area contributed by atoms with Crippen LogP contribution in [0.15, 0.2) is 174 Å². The van der Waals surface area contributed by atoms with Crippen LogP contribution in [0.1, 0.15) is 0 Å². The highest BCUT2D eigenvalue weighted by atomic mass is 16.3. The van der Waals surface area contributed by atoms with Gasteiger partial charge in [-0.3, -0.25) is 0 Å². The maximum atomic E-state index is 6.48. The summed E-state index contributed by atoms with van der Waals surface area (Å²) in [4.78, 5) is 0. The molecule has 0 amide bonds. The summed E-state index contributed by atoms with van der Waals surface area (Å²) in [5.41, 5.74) is 14.2. The number of hydrogen-bond donors (Lipinski definition) is 0. The molecule has 244 valence electrons. The highest BCUT2D eigenvalue weighted by Crippen LogP contribution is 2.50. The molecule has 3 aromatic heterocycles. The van der Waals surface area contributed by atoms with Crippen molar-refractivity contribution in [3.63, 3.8) is 0 Å². The quantitative estimate of drug-likeness (QED) is 0.179. The predicted molar refractivity (Wildman–Crippen MR) is 222 cm³/mol. The van der Waals surface area contributed by atoms with Gasteiger partial charge in [0.1, 0.15) is 11.2 Å². The molecule has 0 saturated heterocycles. The molecule has 0 fully saturated rings. The molecule has 3 nitrogen and oxygen atoms in total. The van der Waals surface area contributed by atoms with Gasteiger partial charge < -0.3 is 13.6 Å². The van der Waals surface area contributed by atoms with Gasteiger partial charge in [0.05, 0.1) is 27.8 Å². The molecule has 0 saturated carbocycles. The maximum Gasteiger partial charge on any atom is 0.136 e. The minimum atomic E-state index is 0.910. The van der Waals surface area contributed by atoms with Gasteiger partial charge in [0.25, 0.3) is 0 Å². The molecule has 0 radical (unpaired) electrons. The van der Waals surface area contributed by atoms with Crippen LogP contribution in [0.5, 0.6) is 0 Å². The summed E-state index contributed by atoms with van der Waals surface area (Å²) < 4.78 is 11.5. The van der Waals surface area contributed by atoms with Crippen molar-refractivity contribution in [2.75, 3.05) is 0 Å². The molecule has 3 heterocycles. The van der Waals surface area contributed by atoms with Crippen molar-refractivity contribution >= 4 is 87.1 Å². The van der Waals surface area contributed by atoms with Crippen molar-refractivity contribution in [3.8, 4) is 33.6 Å². The fraction of sp³-hybridized carbons (Fsp3) is 0. The molecule has 0 N–H and O–H groups in total. The molecule has 13 rings (SSSR count). The largest absolute Gasteiger partial charge is 0.456 e. The Kier molecular flexibility index (Phi) is 5.11. The van der Waals surface area contributed by atoms with Gasteiger partial charge in [-0.1, -0.05) is 121 Å². The monoisotopic (exact) mass is 672 g/mol. The molecule has 0 atom stereocenters. The Balaban J connectivity index is 1.22. The van der Waals surface area contributed by atoms with Gasteiger partial charge in [-0.25, -0.2) is 0 Å². The highest BCUT2D eigenvalue weighted by molar-refractivity contribution is 6.33. The van der Waals surface area contributed by atoms with Gasteiger partial charge >= 0.3 is 0 Å². The van der Waals surface area contributed by atoms with E-state index in [0.29, 0.717) is 0 Å². The van der Waals surface area contributed by atoms with Crippen LogP contribution in [0.2, 0.25) is 0 Å². The second kappa shape index (κ2) is 9.81. The number of hydrogen-bond acceptors (Lipinski definition) is 1.